The van der Waals surface area contributed by atoms with E-state index in [0.29, 0.717) is 18.0 Å². The van der Waals surface area contributed by atoms with Gasteiger partial charge in [0.2, 0.25) is 0 Å². The number of piperidine rings is 1. The molecular weight excluding hydrogens is 420 g/mol. The monoisotopic (exact) mass is 450 g/mol. The lowest BCUT2D eigenvalue weighted by molar-refractivity contribution is -0.0108. The average Bonchev–Trinajstić information content (AvgIpc) is 3.07. The number of para-hydroxylation sites is 1. The second-order valence-corrected chi connectivity index (χ2v) is 10.3. The van der Waals surface area contributed by atoms with Crippen molar-refractivity contribution in [3.63, 3.8) is 0 Å². The molecule has 152 valence electrons. The van der Waals surface area contributed by atoms with E-state index in [-0.39, 0.29) is 5.41 Å². The number of allylic oxidation sites excluding steroid dienone is 3. The van der Waals surface area contributed by atoms with Crippen LogP contribution in [0.1, 0.15) is 39.2 Å². The lowest BCUT2D eigenvalue weighted by atomic mass is 9.63. The van der Waals surface area contributed by atoms with E-state index in [1.54, 1.807) is 0 Å². The molecule has 1 fully saturated rings. The van der Waals surface area contributed by atoms with Crippen molar-refractivity contribution in [1.29, 1.82) is 0 Å². The highest BCUT2D eigenvalue weighted by Gasteiger charge is 2.48. The lowest BCUT2D eigenvalue weighted by Crippen LogP contribution is -2.56. The Balaban J connectivity index is 1.80. The molecule has 3 heterocycles. The van der Waals surface area contributed by atoms with Crippen molar-refractivity contribution >= 4 is 26.8 Å². The molecule has 29 heavy (non-hydrogen) atoms. The van der Waals surface area contributed by atoms with Gasteiger partial charge < -0.3 is 4.98 Å². The van der Waals surface area contributed by atoms with Crippen molar-refractivity contribution in [1.82, 2.24) is 9.88 Å². The molecule has 1 aromatic heterocycles. The number of nitrogens with zero attached hydrogens (tertiary/aromatic N) is 1. The minimum atomic E-state index is 0.167. The van der Waals surface area contributed by atoms with Crippen molar-refractivity contribution in [2.24, 2.45) is 11.3 Å². The molecule has 2 bridgehead atoms. The van der Waals surface area contributed by atoms with E-state index >= 15 is 0 Å². The summed E-state index contributed by atoms with van der Waals surface area (Å²) in [4.78, 5) is 6.15. The van der Waals surface area contributed by atoms with Crippen LogP contribution in [0, 0.1) is 11.3 Å². The van der Waals surface area contributed by atoms with E-state index in [0.717, 1.165) is 23.9 Å². The minimum Gasteiger partial charge on any atom is -0.361 e. The fourth-order valence-corrected chi connectivity index (χ4v) is 5.83. The minimum absolute atomic E-state index is 0.167. The van der Waals surface area contributed by atoms with Gasteiger partial charge in [-0.1, -0.05) is 72.3 Å². The zero-order valence-corrected chi connectivity index (χ0v) is 19.3. The van der Waals surface area contributed by atoms with Crippen LogP contribution in [0.15, 0.2) is 77.5 Å². The maximum Gasteiger partial charge on any atom is 0.0457 e. The Labute approximate surface area is 183 Å². The summed E-state index contributed by atoms with van der Waals surface area (Å²) >= 11 is 3.80. The normalized spacial score (nSPS) is 29.7. The number of benzene rings is 1. The SMILES string of the molecule is C=C(C)CC1C2C(=C)/C(Br)=C\C=C/C(CC2(C)C)N1Cc1c[nH]c2ccccc12. The highest BCUT2D eigenvalue weighted by atomic mass is 79.9. The standard InChI is InChI=1S/C26H31BrN2/c1-17(2)13-24-25-18(3)22(27)11-8-9-20(14-26(25,4)5)29(24)16-19-15-28-23-12-7-6-10-21(19)23/h6-12,15,20,24-25,28H,1,3,13-14,16H2,2,4-5H3/b9-8-,22-11+. The molecule has 0 amide bonds. The van der Waals surface area contributed by atoms with Gasteiger partial charge in [-0.2, -0.15) is 0 Å². The van der Waals surface area contributed by atoms with Crippen LogP contribution in [-0.2, 0) is 6.54 Å². The molecular formula is C26H31BrN2. The van der Waals surface area contributed by atoms with Crippen LogP contribution in [0.5, 0.6) is 0 Å². The number of halogens is 1. The molecule has 2 nitrogen and oxygen atoms in total. The molecule has 1 N–H and O–H groups in total. The van der Waals surface area contributed by atoms with Crippen molar-refractivity contribution in [2.75, 3.05) is 0 Å². The summed E-state index contributed by atoms with van der Waals surface area (Å²) in [6.07, 6.45) is 11.0. The van der Waals surface area contributed by atoms with Crippen LogP contribution in [0.2, 0.25) is 0 Å². The Morgan fingerprint density at radius 1 is 1.31 bits per heavy atom. The number of fused-ring (bicyclic) bond motifs is 5. The van der Waals surface area contributed by atoms with Crippen LogP contribution >= 0.6 is 15.9 Å². The predicted molar refractivity (Wildman–Crippen MR) is 128 cm³/mol. The van der Waals surface area contributed by atoms with Gasteiger partial charge in [0.1, 0.15) is 0 Å². The summed E-state index contributed by atoms with van der Waals surface area (Å²) < 4.78 is 1.12. The molecule has 0 radical (unpaired) electrons. The molecule has 1 saturated heterocycles. The molecule has 3 atom stereocenters. The van der Waals surface area contributed by atoms with Gasteiger partial charge in [0.05, 0.1) is 0 Å². The average molecular weight is 451 g/mol. The van der Waals surface area contributed by atoms with Crippen LogP contribution < -0.4 is 0 Å². The summed E-state index contributed by atoms with van der Waals surface area (Å²) in [5.41, 5.74) is 5.17. The maximum absolute atomic E-state index is 4.54. The number of H-pyrrole nitrogens is 1. The highest BCUT2D eigenvalue weighted by Crippen LogP contribution is 2.50. The Morgan fingerprint density at radius 3 is 2.83 bits per heavy atom. The van der Waals surface area contributed by atoms with Crippen molar-refractivity contribution < 1.29 is 0 Å². The van der Waals surface area contributed by atoms with Gasteiger partial charge in [-0.15, -0.1) is 6.58 Å². The zero-order chi connectivity index (χ0) is 20.8. The topological polar surface area (TPSA) is 19.0 Å². The third-order valence-electron chi connectivity index (χ3n) is 6.66. The largest absolute Gasteiger partial charge is 0.361 e. The molecule has 2 aliphatic heterocycles. The van der Waals surface area contributed by atoms with Crippen molar-refractivity contribution in [3.05, 3.63) is 83.0 Å². The Morgan fingerprint density at radius 2 is 2.07 bits per heavy atom. The molecule has 3 unspecified atom stereocenters. The van der Waals surface area contributed by atoms with Gasteiger partial charge >= 0.3 is 0 Å². The molecule has 3 aliphatic rings. The number of aromatic nitrogens is 1. The third kappa shape index (κ3) is 3.83. The van der Waals surface area contributed by atoms with Crippen LogP contribution in [0.4, 0.5) is 0 Å². The third-order valence-corrected chi connectivity index (χ3v) is 7.43. The number of nitrogens with one attached hydrogen (secondary N) is 1. The summed E-state index contributed by atoms with van der Waals surface area (Å²) in [5.74, 6) is 0.367. The first-order valence-electron chi connectivity index (χ1n) is 10.5. The summed E-state index contributed by atoms with van der Waals surface area (Å²) in [6, 6.07) is 9.35. The van der Waals surface area contributed by atoms with E-state index < -0.39 is 0 Å². The van der Waals surface area contributed by atoms with Crippen molar-refractivity contribution in [2.45, 2.75) is 52.2 Å². The second-order valence-electron chi connectivity index (χ2n) is 9.42. The maximum atomic E-state index is 4.54. The number of hydrogen-bond donors (Lipinski definition) is 1. The number of hydrogen-bond acceptors (Lipinski definition) is 1. The van der Waals surface area contributed by atoms with Gasteiger partial charge in [0.15, 0.2) is 0 Å². The van der Waals surface area contributed by atoms with Gasteiger partial charge in [0.25, 0.3) is 0 Å². The zero-order valence-electron chi connectivity index (χ0n) is 17.7. The van der Waals surface area contributed by atoms with Crippen molar-refractivity contribution in [3.8, 4) is 0 Å². The molecule has 3 heteroatoms. The molecule has 0 saturated carbocycles. The second kappa shape index (κ2) is 7.77. The Kier molecular flexibility index (Phi) is 5.48. The molecule has 5 rings (SSSR count). The van der Waals surface area contributed by atoms with E-state index in [9.17, 15) is 0 Å². The molecule has 1 aromatic carbocycles. The molecule has 1 aliphatic carbocycles. The van der Waals surface area contributed by atoms with E-state index in [4.69, 9.17) is 0 Å². The quantitative estimate of drug-likeness (QED) is 0.490. The summed E-state index contributed by atoms with van der Waals surface area (Å²) in [5, 5.41) is 1.32. The van der Waals surface area contributed by atoms with Crippen LogP contribution in [0.25, 0.3) is 10.9 Å². The fourth-order valence-electron chi connectivity index (χ4n) is 5.43. The smallest absolute Gasteiger partial charge is 0.0457 e. The summed E-state index contributed by atoms with van der Waals surface area (Å²) in [6.45, 7) is 16.7. The molecule has 0 spiro atoms. The Bertz CT molecular complexity index is 1010. The van der Waals surface area contributed by atoms with Gasteiger partial charge in [-0.05, 0) is 48.5 Å². The van der Waals surface area contributed by atoms with Crippen LogP contribution in [0.3, 0.4) is 0 Å². The number of rotatable bonds is 4. The Hall–Kier alpha value is -1.84. The molecule has 2 aromatic rings. The lowest BCUT2D eigenvalue weighted by Gasteiger charge is -2.54. The van der Waals surface area contributed by atoms with E-state index in [1.165, 1.54) is 27.6 Å². The van der Waals surface area contributed by atoms with E-state index in [2.05, 4.69) is 108 Å². The van der Waals surface area contributed by atoms with Gasteiger partial charge in [-0.3, -0.25) is 4.90 Å². The predicted octanol–water partition coefficient (Wildman–Crippen LogP) is 7.12. The first-order valence-corrected chi connectivity index (χ1v) is 11.3. The number of aromatic amines is 1. The van der Waals surface area contributed by atoms with E-state index in [1.807, 2.05) is 0 Å². The first-order chi connectivity index (χ1) is 13.8. The highest BCUT2D eigenvalue weighted by molar-refractivity contribution is 9.12. The van der Waals surface area contributed by atoms with Gasteiger partial charge in [-0.25, -0.2) is 0 Å². The first kappa shape index (κ1) is 20.4. The van der Waals surface area contributed by atoms with Crippen LogP contribution in [-0.4, -0.2) is 22.0 Å². The summed E-state index contributed by atoms with van der Waals surface area (Å²) in [7, 11) is 0. The fraction of sp³-hybridized carbons (Fsp3) is 0.385. The van der Waals surface area contributed by atoms with Gasteiger partial charge in [0, 0.05) is 46.1 Å².